The highest BCUT2D eigenvalue weighted by atomic mass is 35.5. The normalized spacial score (nSPS) is 23.7. The SMILES string of the molecule is O=C(O)C(=O)Oc1c(Cl)cc(Cl)c(Cl)c1C(=O)OCC1CC2CCC1CC2. The summed E-state index contributed by atoms with van der Waals surface area (Å²) in [5.74, 6) is -3.29. The van der Waals surface area contributed by atoms with Crippen molar-refractivity contribution in [3.8, 4) is 5.75 Å². The van der Waals surface area contributed by atoms with E-state index in [0.717, 1.165) is 25.3 Å². The minimum Gasteiger partial charge on any atom is -0.473 e. The van der Waals surface area contributed by atoms with Gasteiger partial charge in [-0.05, 0) is 43.1 Å². The Bertz CT molecular complexity index is 786. The van der Waals surface area contributed by atoms with Gasteiger partial charge in [-0.1, -0.05) is 47.6 Å². The van der Waals surface area contributed by atoms with E-state index in [9.17, 15) is 14.4 Å². The van der Waals surface area contributed by atoms with Crippen LogP contribution in [0.3, 0.4) is 0 Å². The maximum atomic E-state index is 12.6. The van der Waals surface area contributed by atoms with E-state index in [1.54, 1.807) is 0 Å². The molecule has 2 bridgehead atoms. The van der Waals surface area contributed by atoms with Gasteiger partial charge >= 0.3 is 17.9 Å². The summed E-state index contributed by atoms with van der Waals surface area (Å²) >= 11 is 18.0. The molecular weight excluding hydrogens is 419 g/mol. The highest BCUT2D eigenvalue weighted by molar-refractivity contribution is 6.46. The lowest BCUT2D eigenvalue weighted by molar-refractivity contribution is -0.158. The molecule has 1 aromatic rings. The van der Waals surface area contributed by atoms with Crippen LogP contribution >= 0.6 is 34.8 Å². The average molecular weight is 436 g/mol. The van der Waals surface area contributed by atoms with E-state index in [0.29, 0.717) is 11.8 Å². The topological polar surface area (TPSA) is 89.9 Å². The van der Waals surface area contributed by atoms with Crippen molar-refractivity contribution in [1.29, 1.82) is 0 Å². The maximum Gasteiger partial charge on any atom is 0.422 e. The second kappa shape index (κ2) is 8.25. The number of ether oxygens (including phenoxy) is 2. The van der Waals surface area contributed by atoms with Crippen LogP contribution in [0.2, 0.25) is 15.1 Å². The largest absolute Gasteiger partial charge is 0.473 e. The van der Waals surface area contributed by atoms with Gasteiger partial charge in [-0.15, -0.1) is 0 Å². The van der Waals surface area contributed by atoms with Crippen LogP contribution in [-0.4, -0.2) is 29.6 Å². The van der Waals surface area contributed by atoms with Crippen molar-refractivity contribution in [3.63, 3.8) is 0 Å². The number of carbonyl (C=O) groups is 3. The zero-order chi connectivity index (χ0) is 19.7. The molecule has 1 atom stereocenters. The van der Waals surface area contributed by atoms with Gasteiger partial charge in [-0.2, -0.15) is 0 Å². The van der Waals surface area contributed by atoms with Gasteiger partial charge in [0.05, 0.1) is 21.7 Å². The number of rotatable bonds is 4. The quantitative estimate of drug-likeness (QED) is 0.321. The van der Waals surface area contributed by atoms with Crippen LogP contribution in [-0.2, 0) is 14.3 Å². The summed E-state index contributed by atoms with van der Waals surface area (Å²) in [5, 5.41) is 8.25. The van der Waals surface area contributed by atoms with Crippen LogP contribution in [0.25, 0.3) is 0 Å². The molecule has 0 aromatic heterocycles. The third kappa shape index (κ3) is 4.33. The van der Waals surface area contributed by atoms with Crippen LogP contribution in [0.5, 0.6) is 5.75 Å². The summed E-state index contributed by atoms with van der Waals surface area (Å²) in [6, 6.07) is 1.16. The van der Waals surface area contributed by atoms with Crippen LogP contribution in [0.4, 0.5) is 0 Å². The second-order valence-electron chi connectivity index (χ2n) is 6.93. The molecule has 0 radical (unpaired) electrons. The van der Waals surface area contributed by atoms with Gasteiger partial charge in [0.15, 0.2) is 5.75 Å². The molecule has 1 N–H and O–H groups in total. The zero-order valence-corrected chi connectivity index (χ0v) is 16.4. The van der Waals surface area contributed by atoms with Crippen molar-refractivity contribution in [2.75, 3.05) is 6.61 Å². The lowest BCUT2D eigenvalue weighted by atomic mass is 9.65. The minimum atomic E-state index is -1.84. The van der Waals surface area contributed by atoms with E-state index < -0.39 is 23.7 Å². The number of fused-ring (bicyclic) bond motifs is 3. The van der Waals surface area contributed by atoms with Crippen molar-refractivity contribution in [2.24, 2.45) is 17.8 Å². The monoisotopic (exact) mass is 434 g/mol. The maximum absolute atomic E-state index is 12.6. The van der Waals surface area contributed by atoms with Gasteiger partial charge in [-0.25, -0.2) is 14.4 Å². The Hall–Kier alpha value is -1.50. The van der Waals surface area contributed by atoms with Crippen molar-refractivity contribution < 1.29 is 29.0 Å². The summed E-state index contributed by atoms with van der Waals surface area (Å²) in [5.41, 5.74) is -0.357. The van der Waals surface area contributed by atoms with E-state index in [1.807, 2.05) is 0 Å². The molecule has 27 heavy (non-hydrogen) atoms. The summed E-state index contributed by atoms with van der Waals surface area (Å²) in [6.07, 6.45) is 5.74. The summed E-state index contributed by atoms with van der Waals surface area (Å²) in [4.78, 5) is 34.8. The fourth-order valence-corrected chi connectivity index (χ4v) is 4.69. The number of hydrogen-bond acceptors (Lipinski definition) is 5. The molecule has 3 fully saturated rings. The fourth-order valence-electron chi connectivity index (χ4n) is 3.97. The van der Waals surface area contributed by atoms with Crippen molar-refractivity contribution in [1.82, 2.24) is 0 Å². The fraction of sp³-hybridized carbons (Fsp3) is 0.500. The first-order chi connectivity index (χ1) is 12.8. The number of esters is 2. The summed E-state index contributed by atoms with van der Waals surface area (Å²) in [7, 11) is 0. The molecule has 3 aliphatic carbocycles. The predicted octanol–water partition coefficient (Wildman–Crippen LogP) is 4.62. The number of carbonyl (C=O) groups excluding carboxylic acids is 2. The zero-order valence-electron chi connectivity index (χ0n) is 14.2. The van der Waals surface area contributed by atoms with Crippen molar-refractivity contribution >= 4 is 52.7 Å². The molecule has 0 amide bonds. The molecule has 1 aromatic carbocycles. The van der Waals surface area contributed by atoms with E-state index in [4.69, 9.17) is 49.4 Å². The average Bonchev–Trinajstić information content (AvgIpc) is 2.65. The van der Waals surface area contributed by atoms with E-state index in [1.165, 1.54) is 12.8 Å². The molecule has 3 aliphatic rings. The predicted molar refractivity (Wildman–Crippen MR) is 98.6 cm³/mol. The summed E-state index contributed by atoms with van der Waals surface area (Å²) in [6.45, 7) is 0.215. The first-order valence-electron chi connectivity index (χ1n) is 8.57. The number of carboxylic acids is 1. The molecule has 1 unspecified atom stereocenters. The Kier molecular flexibility index (Phi) is 6.18. The molecule has 0 spiro atoms. The standard InChI is InChI=1S/C18H17Cl3O6/c19-11-6-12(20)15(27-18(25)16(22)23)13(14(11)21)17(24)26-7-10-5-8-1-3-9(10)4-2-8/h6,8-10H,1-5,7H2,(H,22,23). The molecule has 0 heterocycles. The molecule has 0 saturated heterocycles. The van der Waals surface area contributed by atoms with Crippen LogP contribution < -0.4 is 4.74 Å². The third-order valence-electron chi connectivity index (χ3n) is 5.32. The van der Waals surface area contributed by atoms with Crippen LogP contribution in [0, 0.1) is 17.8 Å². The minimum absolute atomic E-state index is 0.0412. The Morgan fingerprint density at radius 1 is 1.07 bits per heavy atom. The van der Waals surface area contributed by atoms with Crippen LogP contribution in [0.1, 0.15) is 42.5 Å². The van der Waals surface area contributed by atoms with Gasteiger partial charge < -0.3 is 14.6 Å². The number of aliphatic carboxylic acids is 1. The Labute approximate surface area is 170 Å². The molecule has 9 heteroatoms. The molecule has 146 valence electrons. The smallest absolute Gasteiger partial charge is 0.422 e. The van der Waals surface area contributed by atoms with Crippen molar-refractivity contribution in [3.05, 3.63) is 26.7 Å². The number of hydrogen-bond donors (Lipinski definition) is 1. The van der Waals surface area contributed by atoms with Crippen LogP contribution in [0.15, 0.2) is 6.07 Å². The number of carboxylic acid groups (broad SMARTS) is 1. The molecule has 4 rings (SSSR count). The van der Waals surface area contributed by atoms with Gasteiger partial charge in [-0.3, -0.25) is 0 Å². The lowest BCUT2D eigenvalue weighted by Crippen LogP contribution is -2.34. The van der Waals surface area contributed by atoms with Crippen molar-refractivity contribution in [2.45, 2.75) is 32.1 Å². The lowest BCUT2D eigenvalue weighted by Gasteiger charge is -2.42. The third-order valence-corrected chi connectivity index (χ3v) is 6.39. The Balaban J connectivity index is 1.80. The second-order valence-corrected chi connectivity index (χ2v) is 8.12. The number of halogens is 3. The van der Waals surface area contributed by atoms with Gasteiger partial charge in [0, 0.05) is 0 Å². The molecule has 0 aliphatic heterocycles. The van der Waals surface area contributed by atoms with Gasteiger partial charge in [0.2, 0.25) is 0 Å². The van der Waals surface area contributed by atoms with E-state index >= 15 is 0 Å². The van der Waals surface area contributed by atoms with Gasteiger partial charge in [0.25, 0.3) is 0 Å². The highest BCUT2D eigenvalue weighted by Crippen LogP contribution is 2.45. The van der Waals surface area contributed by atoms with E-state index in [2.05, 4.69) is 0 Å². The Morgan fingerprint density at radius 3 is 2.30 bits per heavy atom. The molecule has 6 nitrogen and oxygen atoms in total. The van der Waals surface area contributed by atoms with Gasteiger partial charge in [0.1, 0.15) is 5.56 Å². The summed E-state index contributed by atoms with van der Waals surface area (Å²) < 4.78 is 10.1. The van der Waals surface area contributed by atoms with E-state index in [-0.39, 0.29) is 33.2 Å². The highest BCUT2D eigenvalue weighted by Gasteiger charge is 2.36. The molecule has 3 saturated carbocycles. The first kappa shape index (κ1) is 20.2. The molecular formula is C18H17Cl3O6. The first-order valence-corrected chi connectivity index (χ1v) is 9.71. The number of benzene rings is 1. The Morgan fingerprint density at radius 2 is 1.74 bits per heavy atom.